The van der Waals surface area contributed by atoms with Gasteiger partial charge in [-0.05, 0) is 30.5 Å². The fourth-order valence-corrected chi connectivity index (χ4v) is 2.09. The van der Waals surface area contributed by atoms with Crippen molar-refractivity contribution in [1.29, 1.82) is 0 Å². The Morgan fingerprint density at radius 1 is 1.40 bits per heavy atom. The van der Waals surface area contributed by atoms with Crippen molar-refractivity contribution in [2.24, 2.45) is 0 Å². The Balaban J connectivity index is 3.40. The third-order valence-corrected chi connectivity index (χ3v) is 2.99. The molecule has 0 aliphatic heterocycles. The van der Waals surface area contributed by atoms with Crippen LogP contribution in [0.4, 0.5) is 0 Å². The molecule has 0 aliphatic rings. The summed E-state index contributed by atoms with van der Waals surface area (Å²) in [4.78, 5) is -0.0350. The molecule has 0 bridgehead atoms. The molecule has 1 aromatic carbocycles. The molecule has 0 unspecified atom stereocenters. The molecule has 82 valence electrons. The highest BCUT2D eigenvalue weighted by molar-refractivity contribution is 7.85. The summed E-state index contributed by atoms with van der Waals surface area (Å²) in [6.45, 7) is 3.77. The Hall–Kier alpha value is -1.13. The maximum atomic E-state index is 11.1. The van der Waals surface area contributed by atoms with Gasteiger partial charge in [-0.15, -0.1) is 0 Å². The third-order valence-electron chi connectivity index (χ3n) is 2.08. The van der Waals surface area contributed by atoms with E-state index in [0.717, 1.165) is 12.0 Å². The lowest BCUT2D eigenvalue weighted by molar-refractivity contribution is 0.483. The minimum atomic E-state index is -4.14. The quantitative estimate of drug-likeness (QED) is 0.806. The molecule has 1 rings (SSSR count). The van der Waals surface area contributed by atoms with Crippen molar-refractivity contribution in [2.75, 3.05) is 0 Å². The lowest BCUT2D eigenvalue weighted by atomic mass is 10.1. The van der Waals surface area contributed by atoms with E-state index in [1.165, 1.54) is 6.07 Å². The van der Waals surface area contributed by atoms with E-state index in [9.17, 15) is 8.42 Å². The van der Waals surface area contributed by atoms with Crippen LogP contribution in [0.25, 0.3) is 6.08 Å². The van der Waals surface area contributed by atoms with E-state index >= 15 is 0 Å². The highest BCUT2D eigenvalue weighted by Gasteiger charge is 2.14. The molecule has 0 atom stereocenters. The van der Waals surface area contributed by atoms with E-state index in [0.29, 0.717) is 5.56 Å². The number of benzene rings is 1. The number of allylic oxidation sites excluding steroid dienone is 1. The molecule has 4 heteroatoms. The normalized spacial score (nSPS) is 12.2. The van der Waals surface area contributed by atoms with Crippen molar-refractivity contribution in [3.63, 3.8) is 0 Å². The Kier molecular flexibility index (Phi) is 3.66. The number of hydrogen-bond donors (Lipinski definition) is 1. The highest BCUT2D eigenvalue weighted by atomic mass is 32.2. The first-order valence-electron chi connectivity index (χ1n) is 4.70. The van der Waals surface area contributed by atoms with Crippen LogP contribution in [-0.2, 0) is 10.1 Å². The minimum Gasteiger partial charge on any atom is -0.282 e. The first kappa shape index (κ1) is 11.9. The Labute approximate surface area is 90.2 Å². The average Bonchev–Trinajstić information content (AvgIpc) is 2.14. The van der Waals surface area contributed by atoms with E-state index in [-0.39, 0.29) is 4.90 Å². The molecule has 0 heterocycles. The molecular weight excluding hydrogens is 212 g/mol. The molecule has 1 N–H and O–H groups in total. The largest absolute Gasteiger partial charge is 0.295 e. The molecule has 0 saturated heterocycles. The van der Waals surface area contributed by atoms with Gasteiger partial charge in [-0.3, -0.25) is 4.55 Å². The molecule has 0 aliphatic carbocycles. The summed E-state index contributed by atoms with van der Waals surface area (Å²) in [6, 6.07) is 4.82. The van der Waals surface area contributed by atoms with Gasteiger partial charge in [0.1, 0.15) is 4.90 Å². The second kappa shape index (κ2) is 4.59. The number of rotatable bonds is 3. The van der Waals surface area contributed by atoms with Crippen molar-refractivity contribution in [2.45, 2.75) is 25.2 Å². The summed E-state index contributed by atoms with van der Waals surface area (Å²) in [6.07, 6.45) is 4.40. The Morgan fingerprint density at radius 2 is 2.07 bits per heavy atom. The summed E-state index contributed by atoms with van der Waals surface area (Å²) in [5.41, 5.74) is 1.39. The van der Waals surface area contributed by atoms with Crippen LogP contribution >= 0.6 is 0 Å². The second-order valence-electron chi connectivity index (χ2n) is 3.27. The minimum absolute atomic E-state index is 0.0350. The summed E-state index contributed by atoms with van der Waals surface area (Å²) in [5, 5.41) is 0. The van der Waals surface area contributed by atoms with Gasteiger partial charge in [-0.1, -0.05) is 31.2 Å². The third kappa shape index (κ3) is 2.91. The van der Waals surface area contributed by atoms with Crippen molar-refractivity contribution in [3.8, 4) is 0 Å². The first-order chi connectivity index (χ1) is 6.96. The molecule has 0 saturated carbocycles. The van der Waals surface area contributed by atoms with Crippen LogP contribution in [0.15, 0.2) is 29.2 Å². The predicted octanol–water partition coefficient (Wildman–Crippen LogP) is 2.66. The van der Waals surface area contributed by atoms with Crippen LogP contribution < -0.4 is 0 Å². The van der Waals surface area contributed by atoms with Gasteiger partial charge in [0.2, 0.25) is 0 Å². The molecule has 0 radical (unpaired) electrons. The van der Waals surface area contributed by atoms with Gasteiger partial charge in [-0.25, -0.2) is 0 Å². The predicted molar refractivity (Wildman–Crippen MR) is 60.3 cm³/mol. The Morgan fingerprint density at radius 3 is 2.60 bits per heavy atom. The van der Waals surface area contributed by atoms with Crippen LogP contribution in [0.5, 0.6) is 0 Å². The highest BCUT2D eigenvalue weighted by Crippen LogP contribution is 2.20. The van der Waals surface area contributed by atoms with Gasteiger partial charge in [0, 0.05) is 0 Å². The second-order valence-corrected chi connectivity index (χ2v) is 4.66. The van der Waals surface area contributed by atoms with Gasteiger partial charge in [0.05, 0.1) is 0 Å². The summed E-state index contributed by atoms with van der Waals surface area (Å²) < 4.78 is 31.2. The zero-order valence-corrected chi connectivity index (χ0v) is 9.58. The topological polar surface area (TPSA) is 54.4 Å². The standard InChI is InChI=1S/C11H14O3S/c1-3-4-7-10-9(2)6-5-8-11(10)15(12,13)14/h4-8H,3H2,1-2H3,(H,12,13,14). The lowest BCUT2D eigenvalue weighted by Crippen LogP contribution is -2.01. The average molecular weight is 226 g/mol. The molecule has 0 aromatic heterocycles. The van der Waals surface area contributed by atoms with Crippen molar-refractivity contribution < 1.29 is 13.0 Å². The Bertz CT molecular complexity index is 473. The van der Waals surface area contributed by atoms with Crippen LogP contribution in [0, 0.1) is 6.92 Å². The molecule has 15 heavy (non-hydrogen) atoms. The molecule has 3 nitrogen and oxygen atoms in total. The zero-order valence-electron chi connectivity index (χ0n) is 8.77. The summed E-state index contributed by atoms with van der Waals surface area (Å²) in [5.74, 6) is 0. The molecule has 0 fully saturated rings. The zero-order chi connectivity index (χ0) is 11.5. The van der Waals surface area contributed by atoms with Crippen molar-refractivity contribution in [1.82, 2.24) is 0 Å². The van der Waals surface area contributed by atoms with E-state index < -0.39 is 10.1 Å². The summed E-state index contributed by atoms with van der Waals surface area (Å²) in [7, 11) is -4.14. The fourth-order valence-electron chi connectivity index (χ4n) is 1.33. The van der Waals surface area contributed by atoms with Gasteiger partial charge in [-0.2, -0.15) is 8.42 Å². The van der Waals surface area contributed by atoms with Crippen LogP contribution in [-0.4, -0.2) is 13.0 Å². The van der Waals surface area contributed by atoms with Gasteiger partial charge in [0.15, 0.2) is 0 Å². The lowest BCUT2D eigenvalue weighted by Gasteiger charge is -2.05. The van der Waals surface area contributed by atoms with E-state index in [4.69, 9.17) is 4.55 Å². The fraction of sp³-hybridized carbons (Fsp3) is 0.273. The first-order valence-corrected chi connectivity index (χ1v) is 6.14. The molecule has 0 amide bonds. The summed E-state index contributed by atoms with van der Waals surface area (Å²) >= 11 is 0. The van der Waals surface area contributed by atoms with E-state index in [1.54, 1.807) is 12.1 Å². The SMILES string of the molecule is CCC=Cc1c(C)cccc1S(=O)(=O)O. The van der Waals surface area contributed by atoms with Crippen LogP contribution in [0.2, 0.25) is 0 Å². The van der Waals surface area contributed by atoms with Crippen LogP contribution in [0.1, 0.15) is 24.5 Å². The molecule has 0 spiro atoms. The van der Waals surface area contributed by atoms with Crippen molar-refractivity contribution >= 4 is 16.2 Å². The monoisotopic (exact) mass is 226 g/mol. The number of hydrogen-bond acceptors (Lipinski definition) is 2. The van der Waals surface area contributed by atoms with E-state index in [1.807, 2.05) is 26.0 Å². The van der Waals surface area contributed by atoms with Gasteiger partial charge in [0.25, 0.3) is 10.1 Å². The maximum absolute atomic E-state index is 11.1. The van der Waals surface area contributed by atoms with Gasteiger partial charge < -0.3 is 0 Å². The molecular formula is C11H14O3S. The smallest absolute Gasteiger partial charge is 0.282 e. The van der Waals surface area contributed by atoms with E-state index in [2.05, 4.69) is 0 Å². The number of aryl methyl sites for hydroxylation is 1. The molecule has 1 aromatic rings. The van der Waals surface area contributed by atoms with Gasteiger partial charge >= 0.3 is 0 Å². The maximum Gasteiger partial charge on any atom is 0.295 e. The van der Waals surface area contributed by atoms with Crippen molar-refractivity contribution in [3.05, 3.63) is 35.4 Å². The van der Waals surface area contributed by atoms with Crippen LogP contribution in [0.3, 0.4) is 0 Å².